The van der Waals surface area contributed by atoms with Crippen molar-refractivity contribution in [3.05, 3.63) is 39.4 Å². The van der Waals surface area contributed by atoms with E-state index in [2.05, 4.69) is 10.1 Å². The third-order valence-electron chi connectivity index (χ3n) is 3.00. The third-order valence-corrected chi connectivity index (χ3v) is 3.00. The van der Waals surface area contributed by atoms with Crippen LogP contribution in [0, 0.1) is 23.0 Å². The Hall–Kier alpha value is -2.44. The van der Waals surface area contributed by atoms with Crippen LogP contribution in [0.15, 0.2) is 18.2 Å². The number of nitro benzene ring substituents is 1. The van der Waals surface area contributed by atoms with Crippen LogP contribution < -0.4 is 5.32 Å². The average molecular weight is 294 g/mol. The van der Waals surface area contributed by atoms with Gasteiger partial charge in [-0.3, -0.25) is 14.9 Å². The summed E-state index contributed by atoms with van der Waals surface area (Å²) in [6, 6.07) is 3.38. The van der Waals surface area contributed by atoms with E-state index in [1.54, 1.807) is 26.8 Å². The molecule has 0 aliphatic heterocycles. The van der Waals surface area contributed by atoms with Crippen LogP contribution in [0.3, 0.4) is 0 Å². The first-order valence-corrected chi connectivity index (χ1v) is 6.41. The average Bonchev–Trinajstić information content (AvgIpc) is 2.42. The SMILES string of the molecule is COC(=O)C(NC(=O)c1cc(C)ccc1[N+](=O)[O-])C(C)C. The van der Waals surface area contributed by atoms with Crippen molar-refractivity contribution in [1.29, 1.82) is 0 Å². The van der Waals surface area contributed by atoms with Gasteiger partial charge in [0.05, 0.1) is 12.0 Å². The molecule has 7 nitrogen and oxygen atoms in total. The molecule has 0 radical (unpaired) electrons. The highest BCUT2D eigenvalue weighted by Gasteiger charge is 2.28. The molecule has 1 aromatic carbocycles. The predicted octanol–water partition coefficient (Wildman–Crippen LogP) is 1.83. The molecule has 1 amide bonds. The van der Waals surface area contributed by atoms with Crippen molar-refractivity contribution >= 4 is 17.6 Å². The summed E-state index contributed by atoms with van der Waals surface area (Å²) in [5, 5.41) is 13.5. The monoisotopic (exact) mass is 294 g/mol. The number of carbonyl (C=O) groups excluding carboxylic acids is 2. The van der Waals surface area contributed by atoms with E-state index in [0.29, 0.717) is 5.56 Å². The minimum absolute atomic E-state index is 0.0745. The molecule has 1 N–H and O–H groups in total. The number of carbonyl (C=O) groups is 2. The molecule has 0 aliphatic rings. The first-order chi connectivity index (χ1) is 9.77. The molecule has 21 heavy (non-hydrogen) atoms. The van der Waals surface area contributed by atoms with Gasteiger partial charge in [-0.1, -0.05) is 19.9 Å². The van der Waals surface area contributed by atoms with Gasteiger partial charge in [0, 0.05) is 6.07 Å². The van der Waals surface area contributed by atoms with Crippen molar-refractivity contribution in [3.8, 4) is 0 Å². The maximum absolute atomic E-state index is 12.2. The minimum atomic E-state index is -0.859. The van der Waals surface area contributed by atoms with Crippen molar-refractivity contribution in [2.75, 3.05) is 7.11 Å². The zero-order valence-corrected chi connectivity index (χ0v) is 12.4. The van der Waals surface area contributed by atoms with E-state index in [0.717, 1.165) is 0 Å². The molecule has 7 heteroatoms. The van der Waals surface area contributed by atoms with Gasteiger partial charge in [0.2, 0.25) is 0 Å². The van der Waals surface area contributed by atoms with Gasteiger partial charge in [0.25, 0.3) is 11.6 Å². The largest absolute Gasteiger partial charge is 0.467 e. The Kier molecular flexibility index (Phi) is 5.40. The number of ether oxygens (including phenoxy) is 1. The second kappa shape index (κ2) is 6.83. The number of hydrogen-bond donors (Lipinski definition) is 1. The zero-order valence-electron chi connectivity index (χ0n) is 12.4. The van der Waals surface area contributed by atoms with Crippen molar-refractivity contribution in [2.45, 2.75) is 26.8 Å². The number of aryl methyl sites for hydroxylation is 1. The number of nitrogens with zero attached hydrogens (tertiary/aromatic N) is 1. The molecule has 1 atom stereocenters. The van der Waals surface area contributed by atoms with Gasteiger partial charge in [0.1, 0.15) is 11.6 Å². The lowest BCUT2D eigenvalue weighted by molar-refractivity contribution is -0.385. The Morgan fingerprint density at radius 2 is 1.95 bits per heavy atom. The summed E-state index contributed by atoms with van der Waals surface area (Å²) in [7, 11) is 1.22. The van der Waals surface area contributed by atoms with Gasteiger partial charge in [0.15, 0.2) is 0 Å². The number of esters is 1. The van der Waals surface area contributed by atoms with Gasteiger partial charge in [-0.25, -0.2) is 4.79 Å². The highest BCUT2D eigenvalue weighted by Crippen LogP contribution is 2.20. The molecule has 114 valence electrons. The summed E-state index contributed by atoms with van der Waals surface area (Å²) < 4.78 is 4.62. The minimum Gasteiger partial charge on any atom is -0.467 e. The van der Waals surface area contributed by atoms with Crippen LogP contribution in [0.4, 0.5) is 5.69 Å². The fraction of sp³-hybridized carbons (Fsp3) is 0.429. The molecular formula is C14H18N2O5. The number of nitrogens with one attached hydrogen (secondary N) is 1. The second-order valence-corrected chi connectivity index (χ2v) is 5.00. The number of nitro groups is 1. The molecule has 0 fully saturated rings. The lowest BCUT2D eigenvalue weighted by Crippen LogP contribution is -2.45. The van der Waals surface area contributed by atoms with Crippen LogP contribution in [0.1, 0.15) is 29.8 Å². The van der Waals surface area contributed by atoms with Gasteiger partial charge >= 0.3 is 5.97 Å². The highest BCUT2D eigenvalue weighted by molar-refractivity contribution is 6.00. The van der Waals surface area contributed by atoms with Gasteiger partial charge in [-0.15, -0.1) is 0 Å². The molecular weight excluding hydrogens is 276 g/mol. The molecule has 1 rings (SSSR count). The van der Waals surface area contributed by atoms with Crippen molar-refractivity contribution in [2.24, 2.45) is 5.92 Å². The first kappa shape index (κ1) is 16.6. The van der Waals surface area contributed by atoms with Crippen molar-refractivity contribution in [3.63, 3.8) is 0 Å². The van der Waals surface area contributed by atoms with Gasteiger partial charge in [-0.05, 0) is 24.5 Å². The third kappa shape index (κ3) is 4.01. The van der Waals surface area contributed by atoms with E-state index in [1.165, 1.54) is 19.2 Å². The van der Waals surface area contributed by atoms with Crippen molar-refractivity contribution < 1.29 is 19.2 Å². The van der Waals surface area contributed by atoms with Crippen LogP contribution in [0.25, 0.3) is 0 Å². The van der Waals surface area contributed by atoms with Crippen LogP contribution in [-0.2, 0) is 9.53 Å². The molecule has 0 saturated carbocycles. The van der Waals surface area contributed by atoms with E-state index in [9.17, 15) is 19.7 Å². The van der Waals surface area contributed by atoms with Crippen LogP contribution >= 0.6 is 0 Å². The topological polar surface area (TPSA) is 98.5 Å². The molecule has 1 unspecified atom stereocenters. The number of amides is 1. The van der Waals surface area contributed by atoms with E-state index in [4.69, 9.17) is 0 Å². The summed E-state index contributed by atoms with van der Waals surface area (Å²) in [5.41, 5.74) is 0.338. The van der Waals surface area contributed by atoms with Crippen LogP contribution in [0.5, 0.6) is 0 Å². The number of hydrogen-bond acceptors (Lipinski definition) is 5. The van der Waals surface area contributed by atoms with E-state index < -0.39 is 22.8 Å². The van der Waals surface area contributed by atoms with E-state index >= 15 is 0 Å². The fourth-order valence-electron chi connectivity index (χ4n) is 1.83. The van der Waals surface area contributed by atoms with Crippen LogP contribution in [0.2, 0.25) is 0 Å². The quantitative estimate of drug-likeness (QED) is 0.507. The summed E-state index contributed by atoms with van der Waals surface area (Å²) in [6.07, 6.45) is 0. The molecule has 0 aliphatic carbocycles. The molecule has 0 bridgehead atoms. The smallest absolute Gasteiger partial charge is 0.328 e. The molecule has 0 spiro atoms. The second-order valence-electron chi connectivity index (χ2n) is 5.00. The Bertz CT molecular complexity index is 568. The fourth-order valence-corrected chi connectivity index (χ4v) is 1.83. The predicted molar refractivity (Wildman–Crippen MR) is 75.9 cm³/mol. The normalized spacial score (nSPS) is 11.9. The zero-order chi connectivity index (χ0) is 16.2. The van der Waals surface area contributed by atoms with E-state index in [1.807, 2.05) is 0 Å². The Balaban J connectivity index is 3.11. The Labute approximate surface area is 122 Å². The van der Waals surface area contributed by atoms with Gasteiger partial charge in [-0.2, -0.15) is 0 Å². The number of benzene rings is 1. The maximum Gasteiger partial charge on any atom is 0.328 e. The lowest BCUT2D eigenvalue weighted by atomic mass is 10.0. The maximum atomic E-state index is 12.2. The van der Waals surface area contributed by atoms with Crippen molar-refractivity contribution in [1.82, 2.24) is 5.32 Å². The molecule has 0 heterocycles. The Morgan fingerprint density at radius 3 is 2.43 bits per heavy atom. The van der Waals surface area contributed by atoms with Crippen LogP contribution in [-0.4, -0.2) is 30.0 Å². The molecule has 0 aromatic heterocycles. The first-order valence-electron chi connectivity index (χ1n) is 6.41. The van der Waals surface area contributed by atoms with E-state index in [-0.39, 0.29) is 17.2 Å². The summed E-state index contributed by atoms with van der Waals surface area (Å²) in [6.45, 7) is 5.21. The lowest BCUT2D eigenvalue weighted by Gasteiger charge is -2.19. The standard InChI is InChI=1S/C14H18N2O5/c1-8(2)12(14(18)21-4)15-13(17)10-7-9(3)5-6-11(10)16(19)20/h5-8,12H,1-4H3,(H,15,17). The highest BCUT2D eigenvalue weighted by atomic mass is 16.6. The number of methoxy groups -OCH3 is 1. The molecule has 1 aromatic rings. The summed E-state index contributed by atoms with van der Waals surface area (Å²) in [4.78, 5) is 34.2. The summed E-state index contributed by atoms with van der Waals surface area (Å²) >= 11 is 0. The summed E-state index contributed by atoms with van der Waals surface area (Å²) in [5.74, 6) is -1.46. The number of rotatable bonds is 5. The molecule has 0 saturated heterocycles. The Morgan fingerprint density at radius 1 is 1.33 bits per heavy atom. The van der Waals surface area contributed by atoms with Gasteiger partial charge < -0.3 is 10.1 Å².